The summed E-state index contributed by atoms with van der Waals surface area (Å²) in [6.45, 7) is 1.27. The Bertz CT molecular complexity index is 1440. The van der Waals surface area contributed by atoms with Gasteiger partial charge in [-0.1, -0.05) is 5.11 Å². The van der Waals surface area contributed by atoms with E-state index in [1.165, 1.54) is 17.1 Å². The van der Waals surface area contributed by atoms with Crippen molar-refractivity contribution in [3.05, 3.63) is 66.0 Å². The Hall–Kier alpha value is -3.82. The highest BCUT2D eigenvalue weighted by Crippen LogP contribution is 2.30. The van der Waals surface area contributed by atoms with Crippen molar-refractivity contribution >= 4 is 11.2 Å². The first kappa shape index (κ1) is 25.3. The lowest BCUT2D eigenvalue weighted by molar-refractivity contribution is -0.0271. The van der Waals surface area contributed by atoms with Crippen LogP contribution in [0, 0.1) is 6.92 Å². The van der Waals surface area contributed by atoms with Gasteiger partial charge in [0, 0.05) is 23.1 Å². The Morgan fingerprint density at radius 3 is 2.67 bits per heavy atom. The van der Waals surface area contributed by atoms with Gasteiger partial charge in [-0.05, 0) is 25.3 Å². The van der Waals surface area contributed by atoms with Crippen LogP contribution in [0.2, 0.25) is 0 Å². The van der Waals surface area contributed by atoms with Crippen LogP contribution in [0.5, 0.6) is 0 Å². The number of H-pyrrole nitrogens is 2. The van der Waals surface area contributed by atoms with Gasteiger partial charge in [0.1, 0.15) is 18.1 Å². The van der Waals surface area contributed by atoms with E-state index in [1.807, 2.05) is 0 Å². The zero-order valence-electron chi connectivity index (χ0n) is 19.2. The fourth-order valence-corrected chi connectivity index (χ4v) is 4.16. The number of aromatic nitrogens is 6. The molecule has 36 heavy (non-hydrogen) atoms. The Kier molecular flexibility index (Phi) is 7.61. The molecule has 3 aromatic rings. The smallest absolute Gasteiger partial charge is 0.330 e. The van der Waals surface area contributed by atoms with Crippen molar-refractivity contribution in [1.29, 1.82) is 0 Å². The van der Waals surface area contributed by atoms with Crippen molar-refractivity contribution in [2.75, 3.05) is 13.2 Å². The van der Waals surface area contributed by atoms with Crippen LogP contribution in [-0.2, 0) is 9.47 Å². The maximum absolute atomic E-state index is 11.7. The third-order valence-electron chi connectivity index (χ3n) is 6.02. The van der Waals surface area contributed by atoms with Gasteiger partial charge in [0.2, 0.25) is 0 Å². The molecule has 0 amide bonds. The number of rotatable bonds is 5. The molecule has 0 spiro atoms. The average Bonchev–Trinajstić information content (AvgIpc) is 3.60. The zero-order valence-corrected chi connectivity index (χ0v) is 19.2. The highest BCUT2D eigenvalue weighted by molar-refractivity contribution is 5.68. The van der Waals surface area contributed by atoms with Gasteiger partial charge in [-0.3, -0.25) is 23.7 Å². The Balaban J connectivity index is 0.000000170. The first-order valence-electron chi connectivity index (χ1n) is 11.1. The lowest BCUT2D eigenvalue weighted by atomic mass is 10.1. The zero-order chi connectivity index (χ0) is 25.8. The number of nitrogens with zero attached hydrogens (tertiary/aromatic N) is 7. The average molecular weight is 503 g/mol. The van der Waals surface area contributed by atoms with Crippen molar-refractivity contribution < 1.29 is 19.7 Å². The van der Waals surface area contributed by atoms with E-state index in [1.54, 1.807) is 17.8 Å². The van der Waals surface area contributed by atoms with Gasteiger partial charge in [0.05, 0.1) is 44.1 Å². The van der Waals surface area contributed by atoms with Crippen LogP contribution in [0.1, 0.15) is 37.3 Å². The maximum atomic E-state index is 11.7. The van der Waals surface area contributed by atoms with Gasteiger partial charge in [-0.2, -0.15) is 4.98 Å². The topological polar surface area (TPSA) is 226 Å². The minimum absolute atomic E-state index is 0.0151. The second-order valence-electron chi connectivity index (χ2n) is 8.33. The number of aryl methyl sites for hydroxylation is 1. The third kappa shape index (κ3) is 5.07. The van der Waals surface area contributed by atoms with Gasteiger partial charge >= 0.3 is 11.2 Å². The first-order valence-corrected chi connectivity index (χ1v) is 11.1. The van der Waals surface area contributed by atoms with Crippen molar-refractivity contribution in [2.24, 2.45) is 5.11 Å². The summed E-state index contributed by atoms with van der Waals surface area (Å²) in [5.41, 5.74) is 8.32. The van der Waals surface area contributed by atoms with Crippen LogP contribution in [0.4, 0.5) is 0 Å². The van der Waals surface area contributed by atoms with Crippen molar-refractivity contribution in [3.8, 4) is 0 Å². The van der Waals surface area contributed by atoms with E-state index in [0.717, 1.165) is 12.8 Å². The second kappa shape index (κ2) is 10.8. The van der Waals surface area contributed by atoms with Crippen molar-refractivity contribution in [3.63, 3.8) is 0 Å². The molecule has 0 saturated carbocycles. The molecule has 5 rings (SSSR count). The molecule has 2 saturated heterocycles. The number of fused-ring (bicyclic) bond motifs is 1. The van der Waals surface area contributed by atoms with Crippen LogP contribution in [-0.4, -0.2) is 70.7 Å². The Labute approximate surface area is 201 Å². The van der Waals surface area contributed by atoms with E-state index in [4.69, 9.17) is 25.2 Å². The number of hydrogen-bond donors (Lipinski definition) is 4. The molecule has 0 unspecified atom stereocenters. The highest BCUT2D eigenvalue weighted by Gasteiger charge is 2.35. The van der Waals surface area contributed by atoms with E-state index in [0.29, 0.717) is 16.7 Å². The molecule has 3 aromatic heterocycles. The fourth-order valence-electron chi connectivity index (χ4n) is 4.16. The summed E-state index contributed by atoms with van der Waals surface area (Å²) in [6, 6.07) is -0.542. The van der Waals surface area contributed by atoms with Crippen molar-refractivity contribution in [1.82, 2.24) is 29.1 Å². The molecule has 0 radical (unpaired) electrons. The van der Waals surface area contributed by atoms with Crippen LogP contribution in [0.3, 0.4) is 0 Å². The quantitative estimate of drug-likeness (QED) is 0.201. The molecule has 2 aliphatic heterocycles. The summed E-state index contributed by atoms with van der Waals surface area (Å²) in [5.74, 6) is 0. The maximum Gasteiger partial charge on any atom is 0.330 e. The van der Waals surface area contributed by atoms with Gasteiger partial charge in [-0.25, -0.2) is 9.78 Å². The first-order chi connectivity index (χ1) is 17.4. The summed E-state index contributed by atoms with van der Waals surface area (Å²) in [6.07, 6.45) is 4.52. The van der Waals surface area contributed by atoms with Crippen LogP contribution < -0.4 is 16.8 Å². The van der Waals surface area contributed by atoms with Crippen LogP contribution >= 0.6 is 0 Å². The molecule has 5 heterocycles. The number of hydrogen-bond acceptors (Lipinski definition) is 10. The third-order valence-corrected chi connectivity index (χ3v) is 6.02. The molecule has 2 fully saturated rings. The highest BCUT2D eigenvalue weighted by atomic mass is 16.5. The Morgan fingerprint density at radius 1 is 1.17 bits per heavy atom. The minimum Gasteiger partial charge on any atom is -0.394 e. The van der Waals surface area contributed by atoms with Gasteiger partial charge in [-0.15, -0.1) is 0 Å². The molecule has 0 aliphatic carbocycles. The molecule has 16 heteroatoms. The summed E-state index contributed by atoms with van der Waals surface area (Å²) in [7, 11) is 0. The fraction of sp³-hybridized carbons (Fsp3) is 0.550. The molecular formula is C20H25N9O7. The van der Waals surface area contributed by atoms with E-state index < -0.39 is 29.6 Å². The molecular weight excluding hydrogens is 478 g/mol. The molecule has 16 nitrogen and oxygen atoms in total. The van der Waals surface area contributed by atoms with E-state index in [2.05, 4.69) is 30.0 Å². The van der Waals surface area contributed by atoms with Gasteiger partial charge in [0.15, 0.2) is 5.52 Å². The summed E-state index contributed by atoms with van der Waals surface area (Å²) >= 11 is 0. The number of azide groups is 1. The molecule has 0 aromatic carbocycles. The van der Waals surface area contributed by atoms with E-state index >= 15 is 0 Å². The summed E-state index contributed by atoms with van der Waals surface area (Å²) < 4.78 is 14.1. The SMILES string of the molecule is Cc1cn([C@H]2C[C@H](N=[N+]=[N-])[C@@H](CO)O2)c(=O)[nH]c1=O.O=c1nc[nH]c2c1ncn2[C@H]1CC[C@@H](CO)O1. The molecule has 4 N–H and O–H groups in total. The normalized spacial score (nSPS) is 25.4. The van der Waals surface area contributed by atoms with Crippen LogP contribution in [0.25, 0.3) is 21.6 Å². The van der Waals surface area contributed by atoms with Crippen molar-refractivity contribution in [2.45, 2.75) is 56.9 Å². The Morgan fingerprint density at radius 2 is 1.97 bits per heavy atom. The van der Waals surface area contributed by atoms with Gasteiger partial charge < -0.3 is 24.7 Å². The van der Waals surface area contributed by atoms with Gasteiger partial charge in [0.25, 0.3) is 5.56 Å². The number of imidazole rings is 1. The largest absolute Gasteiger partial charge is 0.394 e. The number of aliphatic hydroxyl groups is 2. The number of ether oxygens (including phenoxy) is 2. The van der Waals surface area contributed by atoms with E-state index in [9.17, 15) is 14.4 Å². The molecule has 192 valence electrons. The predicted molar refractivity (Wildman–Crippen MR) is 123 cm³/mol. The molecule has 0 bridgehead atoms. The minimum atomic E-state index is -0.671. The summed E-state index contributed by atoms with van der Waals surface area (Å²) in [4.78, 5) is 49.8. The second-order valence-corrected chi connectivity index (χ2v) is 8.33. The summed E-state index contributed by atoms with van der Waals surface area (Å²) in [5, 5.41) is 21.7. The monoisotopic (exact) mass is 503 g/mol. The molecule has 5 atom stereocenters. The van der Waals surface area contributed by atoms with Crippen LogP contribution in [0.15, 0.2) is 38.3 Å². The molecule has 2 aliphatic rings. The number of nitrogens with one attached hydrogen (secondary N) is 2. The standard InChI is InChI=1S/C10H13N5O4.C10H12N4O3/c1-5-3-15(10(18)12-9(5)17)8-2-6(13-14-11)7(4-16)19-8;15-3-6-1-2-7(17-6)14-5-13-8-9(14)11-4-12-10(8)16/h3,6-8,16H,2,4H2,1H3,(H,12,17,18);4-7,15H,1-3H2,(H,11,12,16)/t6-,7+,8+;6-,7+/m00/s1. The lowest BCUT2D eigenvalue weighted by Crippen LogP contribution is -2.33. The lowest BCUT2D eigenvalue weighted by Gasteiger charge is -2.14. The number of aromatic amines is 2. The predicted octanol–water partition coefficient (Wildman–Crippen LogP) is -0.407. The van der Waals surface area contributed by atoms with E-state index in [-0.39, 0.29) is 37.5 Å². The number of aliphatic hydroxyl groups excluding tert-OH is 2.